The van der Waals surface area contributed by atoms with Crippen molar-refractivity contribution in [2.24, 2.45) is 5.92 Å². The van der Waals surface area contributed by atoms with E-state index >= 15 is 0 Å². The fraction of sp³-hybridized carbons (Fsp3) is 0.294. The standard InChI is InChI=1S/C17H17N5OS/c1-11-10-24-17(19-11)15(12-6-7-12)21-16(23)13-4-2-5-14(20-13)22-9-3-8-18-22/h2-5,8-10,12,15H,6-7H2,1H3,(H,21,23)/t15-/m0/s1. The van der Waals surface area contributed by atoms with Crippen LogP contribution in [0.25, 0.3) is 5.82 Å². The molecule has 1 aliphatic rings. The van der Waals surface area contributed by atoms with Crippen LogP contribution >= 0.6 is 11.3 Å². The molecule has 1 aliphatic carbocycles. The number of nitrogens with one attached hydrogen (secondary N) is 1. The summed E-state index contributed by atoms with van der Waals surface area (Å²) in [7, 11) is 0. The third kappa shape index (κ3) is 3.07. The van der Waals surface area contributed by atoms with Crippen LogP contribution in [0.3, 0.4) is 0 Å². The Hall–Kier alpha value is -2.54. The van der Waals surface area contributed by atoms with Gasteiger partial charge >= 0.3 is 0 Å². The molecule has 3 heterocycles. The first-order chi connectivity index (χ1) is 11.7. The predicted octanol–water partition coefficient (Wildman–Crippen LogP) is 2.91. The van der Waals surface area contributed by atoms with Gasteiger partial charge in [-0.05, 0) is 43.9 Å². The van der Waals surface area contributed by atoms with Crippen LogP contribution in [-0.2, 0) is 0 Å². The third-order valence-electron chi connectivity index (χ3n) is 3.99. The van der Waals surface area contributed by atoms with Gasteiger partial charge in [0.05, 0.1) is 6.04 Å². The Bertz CT molecular complexity index is 854. The lowest BCUT2D eigenvalue weighted by Gasteiger charge is -2.15. The highest BCUT2D eigenvalue weighted by Gasteiger charge is 2.35. The lowest BCUT2D eigenvalue weighted by Crippen LogP contribution is -2.30. The van der Waals surface area contributed by atoms with Crippen LogP contribution in [-0.4, -0.2) is 25.7 Å². The Balaban J connectivity index is 1.56. The molecule has 7 heteroatoms. The molecule has 3 aromatic rings. The minimum Gasteiger partial charge on any atom is -0.341 e. The van der Waals surface area contributed by atoms with Gasteiger partial charge in [-0.1, -0.05) is 6.07 Å². The summed E-state index contributed by atoms with van der Waals surface area (Å²) in [5.41, 5.74) is 1.38. The van der Waals surface area contributed by atoms with E-state index < -0.39 is 0 Å². The van der Waals surface area contributed by atoms with Crippen molar-refractivity contribution in [1.82, 2.24) is 25.1 Å². The van der Waals surface area contributed by atoms with Crippen molar-refractivity contribution in [1.29, 1.82) is 0 Å². The van der Waals surface area contributed by atoms with E-state index in [0.717, 1.165) is 23.5 Å². The average Bonchev–Trinajstić information content (AvgIpc) is 3.10. The van der Waals surface area contributed by atoms with Gasteiger partial charge in [0, 0.05) is 23.5 Å². The number of aromatic nitrogens is 4. The van der Waals surface area contributed by atoms with E-state index in [1.54, 1.807) is 34.5 Å². The number of thiazole rings is 1. The van der Waals surface area contributed by atoms with Gasteiger partial charge in [0.25, 0.3) is 5.91 Å². The largest absolute Gasteiger partial charge is 0.341 e. The van der Waals surface area contributed by atoms with Gasteiger partial charge in [-0.15, -0.1) is 11.3 Å². The Kier molecular flexibility index (Phi) is 3.86. The predicted molar refractivity (Wildman–Crippen MR) is 91.1 cm³/mol. The first kappa shape index (κ1) is 15.0. The van der Waals surface area contributed by atoms with Crippen LogP contribution in [0.15, 0.2) is 42.0 Å². The Morgan fingerprint density at radius 2 is 2.21 bits per heavy atom. The number of carbonyl (C=O) groups is 1. The van der Waals surface area contributed by atoms with Crippen LogP contribution in [0.1, 0.15) is 40.1 Å². The van der Waals surface area contributed by atoms with Gasteiger partial charge in [-0.3, -0.25) is 4.79 Å². The fourth-order valence-electron chi connectivity index (χ4n) is 2.62. The Morgan fingerprint density at radius 3 is 2.88 bits per heavy atom. The number of carbonyl (C=O) groups excluding carboxylic acids is 1. The van der Waals surface area contributed by atoms with E-state index in [1.165, 1.54) is 0 Å². The highest BCUT2D eigenvalue weighted by molar-refractivity contribution is 7.09. The number of aryl methyl sites for hydroxylation is 1. The van der Waals surface area contributed by atoms with Crippen molar-refractivity contribution in [3.63, 3.8) is 0 Å². The van der Waals surface area contributed by atoms with Crippen molar-refractivity contribution in [2.45, 2.75) is 25.8 Å². The number of nitrogens with zero attached hydrogens (tertiary/aromatic N) is 4. The van der Waals surface area contributed by atoms with Crippen LogP contribution in [0.5, 0.6) is 0 Å². The van der Waals surface area contributed by atoms with E-state index in [2.05, 4.69) is 20.4 Å². The van der Waals surface area contributed by atoms with Crippen molar-refractivity contribution in [3.05, 3.63) is 58.4 Å². The molecule has 0 unspecified atom stereocenters. The molecule has 4 rings (SSSR count). The highest BCUT2D eigenvalue weighted by atomic mass is 32.1. The maximum Gasteiger partial charge on any atom is 0.270 e. The topological polar surface area (TPSA) is 72.7 Å². The molecular formula is C17H17N5OS. The molecule has 1 atom stereocenters. The third-order valence-corrected chi connectivity index (χ3v) is 5.03. The molecule has 1 N–H and O–H groups in total. The van der Waals surface area contributed by atoms with Gasteiger partial charge in [-0.25, -0.2) is 14.6 Å². The number of hydrogen-bond acceptors (Lipinski definition) is 5. The maximum absolute atomic E-state index is 12.7. The molecule has 0 bridgehead atoms. The lowest BCUT2D eigenvalue weighted by molar-refractivity contribution is 0.0926. The molecule has 3 aromatic heterocycles. The molecule has 122 valence electrons. The van der Waals surface area contributed by atoms with Gasteiger partial charge in [-0.2, -0.15) is 5.10 Å². The van der Waals surface area contributed by atoms with E-state index in [-0.39, 0.29) is 11.9 Å². The van der Waals surface area contributed by atoms with E-state index in [9.17, 15) is 4.79 Å². The van der Waals surface area contributed by atoms with Crippen molar-refractivity contribution < 1.29 is 4.79 Å². The van der Waals surface area contributed by atoms with Gasteiger partial charge < -0.3 is 5.32 Å². The molecule has 1 fully saturated rings. The van der Waals surface area contributed by atoms with Crippen LogP contribution < -0.4 is 5.32 Å². The summed E-state index contributed by atoms with van der Waals surface area (Å²) in [6.07, 6.45) is 5.74. The summed E-state index contributed by atoms with van der Waals surface area (Å²) >= 11 is 1.60. The fourth-order valence-corrected chi connectivity index (χ4v) is 3.56. The summed E-state index contributed by atoms with van der Waals surface area (Å²) in [5.74, 6) is 0.934. The first-order valence-corrected chi connectivity index (χ1v) is 8.78. The van der Waals surface area contributed by atoms with Crippen molar-refractivity contribution in [3.8, 4) is 5.82 Å². The normalized spacial score (nSPS) is 15.2. The second kappa shape index (κ2) is 6.16. The lowest BCUT2D eigenvalue weighted by atomic mass is 10.2. The SMILES string of the molecule is Cc1csc([C@@H](NC(=O)c2cccc(-n3cccn3)n2)C2CC2)n1. The monoisotopic (exact) mass is 339 g/mol. The Morgan fingerprint density at radius 1 is 1.33 bits per heavy atom. The van der Waals surface area contributed by atoms with Gasteiger partial charge in [0.1, 0.15) is 10.7 Å². The van der Waals surface area contributed by atoms with E-state index in [4.69, 9.17) is 0 Å². The number of amides is 1. The van der Waals surface area contributed by atoms with Crippen molar-refractivity contribution >= 4 is 17.2 Å². The molecule has 0 aliphatic heterocycles. The molecule has 1 saturated carbocycles. The second-order valence-electron chi connectivity index (χ2n) is 5.95. The highest BCUT2D eigenvalue weighted by Crippen LogP contribution is 2.41. The van der Waals surface area contributed by atoms with Gasteiger partial charge in [0.2, 0.25) is 0 Å². The Labute approximate surface area is 143 Å². The zero-order valence-corrected chi connectivity index (χ0v) is 14.0. The summed E-state index contributed by atoms with van der Waals surface area (Å²) < 4.78 is 1.64. The average molecular weight is 339 g/mol. The van der Waals surface area contributed by atoms with E-state index in [1.807, 2.05) is 30.5 Å². The van der Waals surface area contributed by atoms with Crippen molar-refractivity contribution in [2.75, 3.05) is 0 Å². The minimum atomic E-state index is -0.172. The number of hydrogen-bond donors (Lipinski definition) is 1. The molecule has 24 heavy (non-hydrogen) atoms. The molecule has 1 amide bonds. The van der Waals surface area contributed by atoms with Gasteiger partial charge in [0.15, 0.2) is 5.82 Å². The zero-order chi connectivity index (χ0) is 16.5. The summed E-state index contributed by atoms with van der Waals surface area (Å²) in [4.78, 5) is 21.6. The molecule has 0 aromatic carbocycles. The van der Waals surface area contributed by atoms with Crippen LogP contribution in [0.2, 0.25) is 0 Å². The number of rotatable bonds is 5. The number of pyridine rings is 1. The summed E-state index contributed by atoms with van der Waals surface area (Å²) in [5, 5.41) is 10.3. The summed E-state index contributed by atoms with van der Waals surface area (Å²) in [6, 6.07) is 7.17. The minimum absolute atomic E-state index is 0.0219. The molecular weight excluding hydrogens is 322 g/mol. The zero-order valence-electron chi connectivity index (χ0n) is 13.2. The van der Waals surface area contributed by atoms with E-state index in [0.29, 0.717) is 17.4 Å². The summed E-state index contributed by atoms with van der Waals surface area (Å²) in [6.45, 7) is 1.97. The molecule has 0 radical (unpaired) electrons. The molecule has 0 spiro atoms. The van der Waals surface area contributed by atoms with Crippen LogP contribution in [0.4, 0.5) is 0 Å². The maximum atomic E-state index is 12.7. The first-order valence-electron chi connectivity index (χ1n) is 7.90. The quantitative estimate of drug-likeness (QED) is 0.776. The molecule has 6 nitrogen and oxygen atoms in total. The van der Waals surface area contributed by atoms with Crippen LogP contribution in [0, 0.1) is 12.8 Å². The molecule has 0 saturated heterocycles. The smallest absolute Gasteiger partial charge is 0.270 e. The second-order valence-corrected chi connectivity index (χ2v) is 6.84.